The summed E-state index contributed by atoms with van der Waals surface area (Å²) in [6.45, 7) is 2.58. The van der Waals surface area contributed by atoms with Gasteiger partial charge in [0, 0.05) is 0 Å². The first kappa shape index (κ1) is 8.89. The minimum absolute atomic E-state index is 0.142. The number of hydrogen-bond acceptors (Lipinski definition) is 5. The van der Waals surface area contributed by atoms with E-state index in [1.807, 2.05) is 19.1 Å². The highest BCUT2D eigenvalue weighted by Crippen LogP contribution is 2.11. The number of aromatic nitrogens is 4. The second-order valence-corrected chi connectivity index (χ2v) is 2.95. The lowest BCUT2D eigenvalue weighted by atomic mass is 10.2. The van der Waals surface area contributed by atoms with Crippen LogP contribution in [0.3, 0.4) is 0 Å². The van der Waals surface area contributed by atoms with Crippen molar-refractivity contribution in [3.8, 4) is 0 Å². The lowest BCUT2D eigenvalue weighted by Crippen LogP contribution is -2.18. The number of H-pyrrole nitrogens is 1. The van der Waals surface area contributed by atoms with Crippen LogP contribution < -0.4 is 5.32 Å². The van der Waals surface area contributed by atoms with Crippen molar-refractivity contribution >= 4 is 0 Å². The number of rotatable bonds is 4. The Labute approximate surface area is 80.7 Å². The number of furan rings is 1. The summed E-state index contributed by atoms with van der Waals surface area (Å²) in [5, 5.41) is 16.7. The van der Waals surface area contributed by atoms with Crippen LogP contribution in [0, 0.1) is 0 Å². The van der Waals surface area contributed by atoms with Gasteiger partial charge in [-0.25, -0.2) is 0 Å². The van der Waals surface area contributed by atoms with Crippen LogP contribution in [0.5, 0.6) is 0 Å². The smallest absolute Gasteiger partial charge is 0.188 e. The van der Waals surface area contributed by atoms with Crippen LogP contribution in [0.25, 0.3) is 0 Å². The standard InChI is InChI=1S/C8H11N5O/c1-6(7-3-2-4-14-7)9-5-8-10-12-13-11-8/h2-4,6,9H,5H2,1H3,(H,10,11,12,13). The van der Waals surface area contributed by atoms with Crippen LogP contribution in [0.15, 0.2) is 22.8 Å². The van der Waals surface area contributed by atoms with Crippen LogP contribution in [0.4, 0.5) is 0 Å². The normalized spacial score (nSPS) is 12.9. The average Bonchev–Trinajstić information content (AvgIpc) is 2.87. The fourth-order valence-corrected chi connectivity index (χ4v) is 1.14. The summed E-state index contributed by atoms with van der Waals surface area (Å²) in [6, 6.07) is 3.93. The van der Waals surface area contributed by atoms with Gasteiger partial charge in [0.1, 0.15) is 5.76 Å². The van der Waals surface area contributed by atoms with Crippen LogP contribution in [-0.4, -0.2) is 20.6 Å². The number of hydrogen-bond donors (Lipinski definition) is 2. The Morgan fingerprint density at radius 1 is 1.64 bits per heavy atom. The van der Waals surface area contributed by atoms with Crippen molar-refractivity contribution in [3.63, 3.8) is 0 Å². The van der Waals surface area contributed by atoms with E-state index in [0.717, 1.165) is 5.76 Å². The summed E-state index contributed by atoms with van der Waals surface area (Å²) in [4.78, 5) is 0. The number of aromatic amines is 1. The molecule has 1 unspecified atom stereocenters. The molecule has 0 bridgehead atoms. The third-order valence-corrected chi connectivity index (χ3v) is 1.93. The topological polar surface area (TPSA) is 79.6 Å². The Kier molecular flexibility index (Phi) is 2.55. The lowest BCUT2D eigenvalue weighted by Gasteiger charge is -2.08. The Bertz CT molecular complexity index is 355. The summed E-state index contributed by atoms with van der Waals surface area (Å²) in [5.41, 5.74) is 0. The van der Waals surface area contributed by atoms with E-state index in [1.165, 1.54) is 0 Å². The van der Waals surface area contributed by atoms with Gasteiger partial charge >= 0.3 is 0 Å². The van der Waals surface area contributed by atoms with E-state index < -0.39 is 0 Å². The monoisotopic (exact) mass is 193 g/mol. The van der Waals surface area contributed by atoms with E-state index in [9.17, 15) is 0 Å². The van der Waals surface area contributed by atoms with Crippen LogP contribution >= 0.6 is 0 Å². The fourth-order valence-electron chi connectivity index (χ4n) is 1.14. The predicted molar refractivity (Wildman–Crippen MR) is 48.1 cm³/mol. The highest BCUT2D eigenvalue weighted by molar-refractivity contribution is 5.03. The van der Waals surface area contributed by atoms with Gasteiger partial charge in [-0.15, -0.1) is 10.2 Å². The van der Waals surface area contributed by atoms with E-state index in [2.05, 4.69) is 25.9 Å². The zero-order valence-electron chi connectivity index (χ0n) is 7.77. The highest BCUT2D eigenvalue weighted by Gasteiger charge is 2.08. The first-order valence-corrected chi connectivity index (χ1v) is 4.35. The summed E-state index contributed by atoms with van der Waals surface area (Å²) >= 11 is 0. The zero-order valence-corrected chi connectivity index (χ0v) is 7.77. The van der Waals surface area contributed by atoms with Crippen molar-refractivity contribution in [2.45, 2.75) is 19.5 Å². The molecule has 0 saturated carbocycles. The maximum absolute atomic E-state index is 5.24. The second-order valence-electron chi connectivity index (χ2n) is 2.95. The molecule has 74 valence electrons. The van der Waals surface area contributed by atoms with Gasteiger partial charge in [-0.05, 0) is 19.1 Å². The van der Waals surface area contributed by atoms with E-state index in [-0.39, 0.29) is 6.04 Å². The van der Waals surface area contributed by atoms with Crippen molar-refractivity contribution < 1.29 is 4.42 Å². The maximum atomic E-state index is 5.24. The van der Waals surface area contributed by atoms with Gasteiger partial charge < -0.3 is 9.73 Å². The molecule has 0 fully saturated rings. The molecule has 2 aromatic rings. The minimum atomic E-state index is 0.142. The van der Waals surface area contributed by atoms with Crippen molar-refractivity contribution in [3.05, 3.63) is 30.0 Å². The Balaban J connectivity index is 1.87. The molecule has 1 atom stereocenters. The quantitative estimate of drug-likeness (QED) is 0.745. The molecular formula is C8H11N5O. The molecule has 0 radical (unpaired) electrons. The molecule has 0 aliphatic rings. The van der Waals surface area contributed by atoms with Crippen molar-refractivity contribution in [2.75, 3.05) is 0 Å². The SMILES string of the molecule is CC(NCc1nn[nH]n1)c1ccco1. The van der Waals surface area contributed by atoms with E-state index in [1.54, 1.807) is 6.26 Å². The highest BCUT2D eigenvalue weighted by atomic mass is 16.3. The van der Waals surface area contributed by atoms with Gasteiger partial charge in [0.2, 0.25) is 0 Å². The van der Waals surface area contributed by atoms with Gasteiger partial charge in [-0.2, -0.15) is 5.21 Å². The fraction of sp³-hybridized carbons (Fsp3) is 0.375. The molecule has 2 heterocycles. The first-order chi connectivity index (χ1) is 6.86. The largest absolute Gasteiger partial charge is 0.468 e. The Morgan fingerprint density at radius 3 is 3.21 bits per heavy atom. The molecule has 0 amide bonds. The average molecular weight is 193 g/mol. The van der Waals surface area contributed by atoms with Crippen LogP contribution in [-0.2, 0) is 6.54 Å². The number of nitrogens with one attached hydrogen (secondary N) is 2. The first-order valence-electron chi connectivity index (χ1n) is 4.35. The molecule has 14 heavy (non-hydrogen) atoms. The molecule has 0 aromatic carbocycles. The molecule has 0 aliphatic heterocycles. The minimum Gasteiger partial charge on any atom is -0.468 e. The van der Waals surface area contributed by atoms with Crippen molar-refractivity contribution in [1.82, 2.24) is 25.9 Å². The van der Waals surface area contributed by atoms with Crippen LogP contribution in [0.1, 0.15) is 24.6 Å². The lowest BCUT2D eigenvalue weighted by molar-refractivity contribution is 0.427. The molecule has 2 N–H and O–H groups in total. The second kappa shape index (κ2) is 4.01. The Morgan fingerprint density at radius 2 is 2.57 bits per heavy atom. The molecule has 2 rings (SSSR count). The predicted octanol–water partition coefficient (Wildman–Crippen LogP) is 0.643. The van der Waals surface area contributed by atoms with E-state index >= 15 is 0 Å². The molecule has 0 spiro atoms. The van der Waals surface area contributed by atoms with Gasteiger partial charge in [0.15, 0.2) is 5.82 Å². The third kappa shape index (κ3) is 1.97. The third-order valence-electron chi connectivity index (χ3n) is 1.93. The van der Waals surface area contributed by atoms with Crippen molar-refractivity contribution in [1.29, 1.82) is 0 Å². The van der Waals surface area contributed by atoms with Gasteiger partial charge in [0.05, 0.1) is 18.8 Å². The summed E-state index contributed by atoms with van der Waals surface area (Å²) < 4.78 is 5.24. The molecule has 0 aliphatic carbocycles. The van der Waals surface area contributed by atoms with E-state index in [0.29, 0.717) is 12.4 Å². The van der Waals surface area contributed by atoms with Crippen LogP contribution in [0.2, 0.25) is 0 Å². The Hall–Kier alpha value is -1.69. The molecule has 6 heteroatoms. The summed E-state index contributed by atoms with van der Waals surface area (Å²) in [6.07, 6.45) is 1.65. The van der Waals surface area contributed by atoms with Gasteiger partial charge in [-0.3, -0.25) is 0 Å². The number of tetrazole rings is 1. The van der Waals surface area contributed by atoms with Gasteiger partial charge in [0.25, 0.3) is 0 Å². The molecular weight excluding hydrogens is 182 g/mol. The molecule has 2 aromatic heterocycles. The molecule has 0 saturated heterocycles. The number of nitrogens with zero attached hydrogens (tertiary/aromatic N) is 3. The summed E-state index contributed by atoms with van der Waals surface area (Å²) in [7, 11) is 0. The summed E-state index contributed by atoms with van der Waals surface area (Å²) in [5.74, 6) is 1.54. The van der Waals surface area contributed by atoms with Crippen molar-refractivity contribution in [2.24, 2.45) is 0 Å². The van der Waals surface area contributed by atoms with E-state index in [4.69, 9.17) is 4.42 Å². The maximum Gasteiger partial charge on any atom is 0.188 e. The van der Waals surface area contributed by atoms with Gasteiger partial charge in [-0.1, -0.05) is 5.21 Å². The molecule has 6 nitrogen and oxygen atoms in total. The zero-order chi connectivity index (χ0) is 9.80.